The van der Waals surface area contributed by atoms with Crippen molar-refractivity contribution in [3.05, 3.63) is 84.7 Å². The maximum atomic E-state index is 5.91. The lowest BCUT2D eigenvalue weighted by Gasteiger charge is -2.27. The van der Waals surface area contributed by atoms with Crippen LogP contribution in [-0.2, 0) is 6.42 Å². The molecule has 2 aromatic carbocycles. The van der Waals surface area contributed by atoms with Gasteiger partial charge in [0.25, 0.3) is 0 Å². The van der Waals surface area contributed by atoms with E-state index < -0.39 is 8.07 Å². The first-order valence-corrected chi connectivity index (χ1v) is 14.3. The first kappa shape index (κ1) is 20.6. The van der Waals surface area contributed by atoms with Gasteiger partial charge in [0.2, 0.25) is 5.71 Å². The molecular weight excluding hydrogens is 408 g/mol. The van der Waals surface area contributed by atoms with Crippen LogP contribution in [0.4, 0.5) is 0 Å². The zero-order valence-corrected chi connectivity index (χ0v) is 20.1. The summed E-state index contributed by atoms with van der Waals surface area (Å²) in [5.74, 6) is 0.572. The number of para-hydroxylation sites is 1. The van der Waals surface area contributed by atoms with Gasteiger partial charge < -0.3 is 4.42 Å². The van der Waals surface area contributed by atoms with Gasteiger partial charge in [-0.3, -0.25) is 4.98 Å². The Hall–Kier alpha value is -3.24. The van der Waals surface area contributed by atoms with Crippen LogP contribution >= 0.6 is 0 Å². The van der Waals surface area contributed by atoms with E-state index in [1.54, 1.807) is 0 Å². The van der Waals surface area contributed by atoms with Crippen LogP contribution in [0.5, 0.6) is 0 Å². The van der Waals surface area contributed by atoms with E-state index in [-0.39, 0.29) is 0 Å². The smallest absolute Gasteiger partial charge is 0.227 e. The second-order valence-electron chi connectivity index (χ2n) is 9.49. The third-order valence-electron chi connectivity index (χ3n) is 6.32. The molecule has 3 heterocycles. The number of furan rings is 1. The zero-order chi connectivity index (χ0) is 22.3. The summed E-state index contributed by atoms with van der Waals surface area (Å²) in [5, 5.41) is 4.98. The highest BCUT2D eigenvalue weighted by atomic mass is 28.3. The van der Waals surface area contributed by atoms with Crippen LogP contribution in [0.3, 0.4) is 0 Å². The number of rotatable bonds is 5. The van der Waals surface area contributed by atoms with E-state index in [1.807, 2.05) is 24.4 Å². The summed E-state index contributed by atoms with van der Waals surface area (Å²) in [4.78, 5) is 9.55. The van der Waals surface area contributed by atoms with Gasteiger partial charge in [-0.25, -0.2) is 4.98 Å². The molecule has 0 saturated carbocycles. The topological polar surface area (TPSA) is 38.9 Å². The summed E-state index contributed by atoms with van der Waals surface area (Å²) in [7, 11) is -1.85. The quantitative estimate of drug-likeness (QED) is 0.314. The molecule has 32 heavy (non-hydrogen) atoms. The van der Waals surface area contributed by atoms with E-state index in [9.17, 15) is 0 Å². The van der Waals surface area contributed by atoms with E-state index in [2.05, 4.69) is 86.7 Å². The minimum Gasteiger partial charge on any atom is -0.438 e. The highest BCUT2D eigenvalue weighted by Crippen LogP contribution is 2.30. The van der Waals surface area contributed by atoms with Crippen LogP contribution in [0.15, 0.2) is 83.5 Å². The summed E-state index contributed by atoms with van der Waals surface area (Å²) in [6.45, 7) is 9.42. The van der Waals surface area contributed by atoms with E-state index in [0.717, 1.165) is 34.0 Å². The SMILES string of the molecule is CC(C)Cc1cc(-c2cnc3oc4ccccc4c3c2)ncc1[Si](C)(C)c1ccccc1. The second-order valence-corrected chi connectivity index (χ2v) is 13.9. The Morgan fingerprint density at radius 1 is 0.844 bits per heavy atom. The Kier molecular flexibility index (Phi) is 5.18. The summed E-state index contributed by atoms with van der Waals surface area (Å²) in [5.41, 5.74) is 4.95. The van der Waals surface area contributed by atoms with Crippen LogP contribution in [0, 0.1) is 5.92 Å². The van der Waals surface area contributed by atoms with Crippen molar-refractivity contribution in [1.29, 1.82) is 0 Å². The highest BCUT2D eigenvalue weighted by molar-refractivity contribution is 7.00. The Morgan fingerprint density at radius 3 is 2.38 bits per heavy atom. The van der Waals surface area contributed by atoms with Gasteiger partial charge in [-0.2, -0.15) is 0 Å². The van der Waals surface area contributed by atoms with Gasteiger partial charge in [-0.1, -0.05) is 80.7 Å². The van der Waals surface area contributed by atoms with Gasteiger partial charge in [-0.15, -0.1) is 0 Å². The first-order chi connectivity index (χ1) is 15.4. The minimum absolute atomic E-state index is 0.572. The fraction of sp³-hybridized carbons (Fsp3) is 0.214. The molecule has 3 nitrogen and oxygen atoms in total. The molecule has 0 aliphatic carbocycles. The first-order valence-electron chi connectivity index (χ1n) is 11.3. The van der Waals surface area contributed by atoms with Crippen LogP contribution in [0.1, 0.15) is 19.4 Å². The Balaban J connectivity index is 1.63. The fourth-order valence-electron chi connectivity index (χ4n) is 4.59. The van der Waals surface area contributed by atoms with Crippen LogP contribution in [0.2, 0.25) is 13.1 Å². The molecule has 4 heteroatoms. The molecule has 0 saturated heterocycles. The Bertz CT molecular complexity index is 1400. The molecule has 160 valence electrons. The molecule has 5 rings (SSSR count). The maximum absolute atomic E-state index is 5.91. The summed E-state index contributed by atoms with van der Waals surface area (Å²) >= 11 is 0. The molecule has 3 aromatic heterocycles. The number of nitrogens with zero attached hydrogens (tertiary/aromatic N) is 2. The molecule has 0 aliphatic heterocycles. The second kappa shape index (κ2) is 8.03. The van der Waals surface area contributed by atoms with Crippen LogP contribution in [0.25, 0.3) is 33.3 Å². The predicted molar refractivity (Wildman–Crippen MR) is 136 cm³/mol. The number of hydrogen-bond donors (Lipinski definition) is 0. The number of pyridine rings is 2. The number of fused-ring (bicyclic) bond motifs is 3. The lowest BCUT2D eigenvalue weighted by atomic mass is 10.0. The molecule has 0 bridgehead atoms. The monoisotopic (exact) mass is 436 g/mol. The molecule has 5 aromatic rings. The average molecular weight is 437 g/mol. The van der Waals surface area contributed by atoms with E-state index in [4.69, 9.17) is 9.40 Å². The molecule has 0 amide bonds. The van der Waals surface area contributed by atoms with Crippen molar-refractivity contribution in [1.82, 2.24) is 9.97 Å². The summed E-state index contributed by atoms with van der Waals surface area (Å²) < 4.78 is 5.91. The molecular formula is C28H28N2OSi. The van der Waals surface area contributed by atoms with Gasteiger partial charge in [0, 0.05) is 28.7 Å². The van der Waals surface area contributed by atoms with E-state index in [0.29, 0.717) is 11.6 Å². The van der Waals surface area contributed by atoms with E-state index >= 15 is 0 Å². The van der Waals surface area contributed by atoms with Crippen molar-refractivity contribution in [2.24, 2.45) is 5.92 Å². The minimum atomic E-state index is -1.85. The van der Waals surface area contributed by atoms with Crippen molar-refractivity contribution in [3.8, 4) is 11.3 Å². The average Bonchev–Trinajstić information content (AvgIpc) is 3.17. The predicted octanol–water partition coefficient (Wildman–Crippen LogP) is 6.06. The molecule has 0 spiro atoms. The molecule has 0 N–H and O–H groups in total. The van der Waals surface area contributed by atoms with Gasteiger partial charge in [0.05, 0.1) is 5.69 Å². The molecule has 0 fully saturated rings. The van der Waals surface area contributed by atoms with Crippen molar-refractivity contribution < 1.29 is 4.42 Å². The lowest BCUT2D eigenvalue weighted by Crippen LogP contribution is -2.54. The summed E-state index contributed by atoms with van der Waals surface area (Å²) in [6, 6.07) is 23.5. The van der Waals surface area contributed by atoms with Crippen molar-refractivity contribution in [2.75, 3.05) is 0 Å². The van der Waals surface area contributed by atoms with Crippen molar-refractivity contribution in [2.45, 2.75) is 33.4 Å². The van der Waals surface area contributed by atoms with Gasteiger partial charge in [0.15, 0.2) is 0 Å². The number of aromatic nitrogens is 2. The third kappa shape index (κ3) is 3.65. The summed E-state index contributed by atoms with van der Waals surface area (Å²) in [6.07, 6.45) is 5.05. The van der Waals surface area contributed by atoms with Crippen molar-refractivity contribution in [3.63, 3.8) is 0 Å². The van der Waals surface area contributed by atoms with Crippen molar-refractivity contribution >= 4 is 40.5 Å². The molecule has 0 radical (unpaired) electrons. The molecule has 0 unspecified atom stereocenters. The van der Waals surface area contributed by atoms with E-state index in [1.165, 1.54) is 15.9 Å². The molecule has 0 aliphatic rings. The fourth-order valence-corrected chi connectivity index (χ4v) is 7.29. The van der Waals surface area contributed by atoms with Gasteiger partial charge >= 0.3 is 0 Å². The Morgan fingerprint density at radius 2 is 1.59 bits per heavy atom. The number of hydrogen-bond acceptors (Lipinski definition) is 3. The van der Waals surface area contributed by atoms with Gasteiger partial charge in [0.1, 0.15) is 13.7 Å². The molecule has 0 atom stereocenters. The normalized spacial score (nSPS) is 12.2. The lowest BCUT2D eigenvalue weighted by molar-refractivity contribution is 0.649. The van der Waals surface area contributed by atoms with Crippen LogP contribution < -0.4 is 10.4 Å². The standard InChI is InChI=1S/C28H28N2OSi/c1-19(2)14-20-16-25(29-18-27(20)32(3,4)22-10-6-5-7-11-22)21-15-24-23-12-8-9-13-26(23)31-28(24)30-17-21/h5-13,15-19H,14H2,1-4H3. The van der Waals surface area contributed by atoms with Crippen LogP contribution in [-0.4, -0.2) is 18.0 Å². The largest absolute Gasteiger partial charge is 0.438 e. The third-order valence-corrected chi connectivity index (χ3v) is 9.89. The Labute approximate surface area is 190 Å². The number of benzene rings is 2. The highest BCUT2D eigenvalue weighted by Gasteiger charge is 2.29. The zero-order valence-electron chi connectivity index (χ0n) is 19.1. The van der Waals surface area contributed by atoms with Gasteiger partial charge in [-0.05, 0) is 41.3 Å². The maximum Gasteiger partial charge on any atom is 0.227 e.